The van der Waals surface area contributed by atoms with Crippen molar-refractivity contribution in [1.82, 2.24) is 9.97 Å². The van der Waals surface area contributed by atoms with E-state index in [1.807, 2.05) is 142 Å². The van der Waals surface area contributed by atoms with E-state index in [2.05, 4.69) is 51.8 Å². The van der Waals surface area contributed by atoms with Gasteiger partial charge in [-0.2, -0.15) is 0 Å². The predicted octanol–water partition coefficient (Wildman–Crippen LogP) is 15.3. The van der Waals surface area contributed by atoms with Crippen LogP contribution in [0, 0.1) is 23.3 Å². The Morgan fingerprint density at radius 2 is 0.844 bits per heavy atom. The van der Waals surface area contributed by atoms with Crippen molar-refractivity contribution in [3.8, 4) is 22.9 Å². The molecule has 2 aromatic heterocycles. The van der Waals surface area contributed by atoms with Gasteiger partial charge in [-0.1, -0.05) is 64.5 Å². The number of hydrogen-bond acceptors (Lipinski definition) is 10. The predicted molar refractivity (Wildman–Crippen MR) is 300 cm³/mol. The molecule has 0 aliphatic carbocycles. The van der Waals surface area contributed by atoms with E-state index in [9.17, 15) is 17.6 Å². The van der Waals surface area contributed by atoms with Crippen LogP contribution in [0.4, 0.5) is 17.6 Å². The minimum Gasteiger partial charge on any atom is -0.478 e. The topological polar surface area (TPSA) is 106 Å². The first kappa shape index (κ1) is 61.6. The Balaban J connectivity index is 0.000000175. The first-order valence-electron chi connectivity index (χ1n) is 25.4. The molecular weight excluding hydrogens is 1210 g/mol. The van der Waals surface area contributed by atoms with Gasteiger partial charge >= 0.3 is 14.0 Å². The van der Waals surface area contributed by atoms with Crippen LogP contribution in [0.3, 0.4) is 0 Å². The van der Waals surface area contributed by atoms with E-state index in [0.29, 0.717) is 49.2 Å². The number of aromatic nitrogens is 2. The molecule has 6 heterocycles. The third kappa shape index (κ3) is 15.4. The van der Waals surface area contributed by atoms with Gasteiger partial charge < -0.3 is 28.1 Å². The molecule has 4 aromatic carbocycles. The van der Waals surface area contributed by atoms with Crippen molar-refractivity contribution < 1.29 is 66.1 Å². The van der Waals surface area contributed by atoms with Crippen LogP contribution in [0.1, 0.15) is 129 Å². The molecule has 10 nitrogen and oxygen atoms in total. The molecule has 6 aromatic rings. The van der Waals surface area contributed by atoms with Crippen LogP contribution in [-0.4, -0.2) is 71.0 Å². The van der Waals surface area contributed by atoms with E-state index in [4.69, 9.17) is 28.1 Å². The molecule has 0 radical (unpaired) electrons. The molecule has 10 rings (SSSR count). The van der Waals surface area contributed by atoms with Crippen LogP contribution in [0.2, 0.25) is 0 Å². The first-order valence-corrected chi connectivity index (χ1v) is 27.0. The third-order valence-electron chi connectivity index (χ3n) is 14.1. The Labute approximate surface area is 481 Å². The summed E-state index contributed by atoms with van der Waals surface area (Å²) in [4.78, 5) is 17.4. The number of nitrogens with zero attached hydrogens (tertiary/aromatic N) is 4. The minimum absolute atomic E-state index is 0. The van der Waals surface area contributed by atoms with Crippen molar-refractivity contribution in [3.63, 3.8) is 0 Å². The fourth-order valence-electron chi connectivity index (χ4n) is 8.55. The van der Waals surface area contributed by atoms with Gasteiger partial charge in [0.15, 0.2) is 0 Å². The summed E-state index contributed by atoms with van der Waals surface area (Å²) in [6.07, 6.45) is 6.18. The van der Waals surface area contributed by atoms with Crippen molar-refractivity contribution in [1.29, 1.82) is 0 Å². The molecule has 77 heavy (non-hydrogen) atoms. The third-order valence-corrected chi connectivity index (χ3v) is 15.1. The average molecular weight is 1280 g/mol. The number of benzene rings is 4. The van der Waals surface area contributed by atoms with Gasteiger partial charge in [0.05, 0.1) is 58.8 Å². The van der Waals surface area contributed by atoms with E-state index < -0.39 is 37.3 Å². The van der Waals surface area contributed by atoms with Crippen LogP contribution in [-0.2, 0) is 39.0 Å². The summed E-state index contributed by atoms with van der Waals surface area (Å²) in [5, 5.41) is 0. The van der Waals surface area contributed by atoms with Gasteiger partial charge in [-0.05, 0) is 176 Å². The van der Waals surface area contributed by atoms with E-state index in [0.717, 1.165) is 44.0 Å². The molecule has 0 saturated carbocycles. The van der Waals surface area contributed by atoms with Crippen molar-refractivity contribution in [2.75, 3.05) is 13.2 Å². The summed E-state index contributed by atoms with van der Waals surface area (Å²) in [5.41, 5.74) is 3.75. The number of halogens is 6. The molecule has 0 N–H and O–H groups in total. The van der Waals surface area contributed by atoms with Crippen LogP contribution in [0.5, 0.6) is 11.8 Å². The average Bonchev–Trinajstić information content (AvgIpc) is 4.23. The van der Waals surface area contributed by atoms with E-state index in [1.165, 1.54) is 36.4 Å². The zero-order chi connectivity index (χ0) is 55.0. The van der Waals surface area contributed by atoms with Gasteiger partial charge in [0.2, 0.25) is 11.8 Å². The zero-order valence-electron chi connectivity index (χ0n) is 44.9. The molecule has 2 unspecified atom stereocenters. The summed E-state index contributed by atoms with van der Waals surface area (Å²) in [6, 6.07) is 31.2. The standard InChI is InChI=1S/C23H20F2N2O.C16H12BrF2N.C12H24B2O4.C7H8BrNO.Pd/c1-2-28-22-13-10-17(14-26-22)15-6-8-16(9-7-15)20-11-12-21(27-20)23-18(24)4-3-5-19(23)25;17-11-6-4-10(5-7-11)14-8-9-15(20-14)16-12(18)2-1-3-13(16)19;1-9(2)10(3,4)16-13(15-9)14-17-11(5,6)12(7,8)18-14;1-2-10-7-4-3-6(8)5-9-7;/h3-10,13-14,20H,2,11-12H2,1H3;1-7,14H,8-9H2;1-8H3;3-5H,2H2,1H3;. The molecular formula is C58H64B2Br2F4N4O6Pd. The first-order chi connectivity index (χ1) is 36.0. The Kier molecular flexibility index (Phi) is 21.3. The van der Waals surface area contributed by atoms with Gasteiger partial charge in [0.1, 0.15) is 23.3 Å². The van der Waals surface area contributed by atoms with Crippen LogP contribution >= 0.6 is 31.9 Å². The van der Waals surface area contributed by atoms with E-state index in [-0.39, 0.29) is 66.0 Å². The maximum atomic E-state index is 14.0. The summed E-state index contributed by atoms with van der Waals surface area (Å²) in [7, 11) is -0.952. The smallest absolute Gasteiger partial charge is 0.478 e. The van der Waals surface area contributed by atoms with Crippen molar-refractivity contribution in [2.45, 2.75) is 129 Å². The van der Waals surface area contributed by atoms with Gasteiger partial charge in [0, 0.05) is 70.9 Å². The second-order valence-corrected chi connectivity index (χ2v) is 22.3. The Morgan fingerprint density at radius 3 is 1.19 bits per heavy atom. The van der Waals surface area contributed by atoms with Crippen molar-refractivity contribution >= 4 is 57.3 Å². The maximum absolute atomic E-state index is 14.0. The Bertz CT molecular complexity index is 2870. The number of aliphatic imine (C=N–C) groups is 2. The van der Waals surface area contributed by atoms with Gasteiger partial charge in [-0.15, -0.1) is 0 Å². The van der Waals surface area contributed by atoms with Gasteiger partial charge in [0.25, 0.3) is 0 Å². The summed E-state index contributed by atoms with van der Waals surface area (Å²) < 4.78 is 91.9. The van der Waals surface area contributed by atoms with E-state index in [1.54, 1.807) is 12.4 Å². The number of pyridine rings is 2. The maximum Gasteiger partial charge on any atom is 0.488 e. The number of hydrogen-bond donors (Lipinski definition) is 0. The SMILES string of the molecule is CC1(C)OB(B2OC(C)(C)C(C)(C)O2)OC1(C)C.CCOc1ccc(-c2ccc(C3CCC(c4c(F)cccc4F)=N3)cc2)cn1.CCOc1ccc(Br)cn1.Fc1cccc(F)c1C1=NC(c2ccc(Br)cc2)CC1.[Pd]. The normalized spacial score (nSPS) is 19.3. The van der Waals surface area contributed by atoms with Crippen LogP contribution in [0.25, 0.3) is 11.1 Å². The molecule has 0 bridgehead atoms. The van der Waals surface area contributed by atoms with Crippen molar-refractivity contribution in [3.05, 3.63) is 176 Å². The Morgan fingerprint density at radius 1 is 0.494 bits per heavy atom. The van der Waals surface area contributed by atoms with Gasteiger partial charge in [-0.3, -0.25) is 9.98 Å². The summed E-state index contributed by atoms with van der Waals surface area (Å²) in [5.74, 6) is -0.919. The zero-order valence-corrected chi connectivity index (χ0v) is 49.6. The van der Waals surface area contributed by atoms with Crippen LogP contribution < -0.4 is 9.47 Å². The van der Waals surface area contributed by atoms with E-state index >= 15 is 0 Å². The molecule has 2 atom stereocenters. The molecule has 2 fully saturated rings. The Hall–Kier alpha value is -4.57. The molecule has 0 spiro atoms. The van der Waals surface area contributed by atoms with Gasteiger partial charge in [-0.25, -0.2) is 27.5 Å². The molecule has 0 amide bonds. The second kappa shape index (κ2) is 26.6. The molecule has 4 aliphatic heterocycles. The molecule has 19 heteroatoms. The summed E-state index contributed by atoms with van der Waals surface area (Å²) in [6.45, 7) is 21.3. The second-order valence-electron chi connectivity index (χ2n) is 20.4. The quantitative estimate of drug-likeness (QED) is 0.0986. The van der Waals surface area contributed by atoms with Crippen molar-refractivity contribution in [2.24, 2.45) is 9.98 Å². The summed E-state index contributed by atoms with van der Waals surface area (Å²) >= 11 is 6.67. The minimum atomic E-state index is -0.558. The molecule has 4 aliphatic rings. The molecule has 410 valence electrons. The number of rotatable bonds is 10. The largest absolute Gasteiger partial charge is 0.488 e. The monoisotopic (exact) mass is 1270 g/mol. The van der Waals surface area contributed by atoms with Crippen LogP contribution in [0.15, 0.2) is 141 Å². The number of ether oxygens (including phenoxy) is 2. The fraction of sp³-hybridized carbons (Fsp3) is 0.379. The molecule has 2 saturated heterocycles. The fourth-order valence-corrected chi connectivity index (χ4v) is 9.05.